The first-order chi connectivity index (χ1) is 29.0. The molecular weight excluding hydrogens is 717 g/mol. The summed E-state index contributed by atoms with van der Waals surface area (Å²) >= 11 is 0. The van der Waals surface area contributed by atoms with Crippen molar-refractivity contribution in [2.45, 2.75) is 19.3 Å². The van der Waals surface area contributed by atoms with E-state index in [2.05, 4.69) is 205 Å². The lowest BCUT2D eigenvalue weighted by atomic mass is 9.82. The third-order valence-electron chi connectivity index (χ3n) is 13.1. The van der Waals surface area contributed by atoms with Gasteiger partial charge in [0.15, 0.2) is 0 Å². The quantitative estimate of drug-likeness (QED) is 0.180. The average Bonchev–Trinajstić information content (AvgIpc) is 3.88. The van der Waals surface area contributed by atoms with E-state index in [-0.39, 0.29) is 5.41 Å². The summed E-state index contributed by atoms with van der Waals surface area (Å²) in [5.74, 6) is 0.654. The molecule has 9 aromatic carbocycles. The summed E-state index contributed by atoms with van der Waals surface area (Å²) in [4.78, 5) is 11.0. The van der Waals surface area contributed by atoms with Gasteiger partial charge in [-0.25, -0.2) is 9.97 Å². The topological polar surface area (TPSA) is 35.6 Å². The molecule has 0 amide bonds. The number of aromatic nitrogens is 4. The van der Waals surface area contributed by atoms with Crippen LogP contribution in [0.15, 0.2) is 182 Å². The molecule has 0 atom stereocenters. The van der Waals surface area contributed by atoms with Crippen molar-refractivity contribution >= 4 is 76.1 Å². The van der Waals surface area contributed by atoms with Crippen LogP contribution in [0.2, 0.25) is 0 Å². The van der Waals surface area contributed by atoms with Crippen LogP contribution >= 0.6 is 0 Å². The second-order valence-electron chi connectivity index (χ2n) is 16.5. The second-order valence-corrected chi connectivity index (χ2v) is 16.5. The zero-order valence-electron chi connectivity index (χ0n) is 32.6. The summed E-state index contributed by atoms with van der Waals surface area (Å²) in [5, 5.41) is 10.7. The largest absolute Gasteiger partial charge is 0.307 e. The van der Waals surface area contributed by atoms with E-state index in [1.54, 1.807) is 0 Å². The lowest BCUT2D eigenvalue weighted by molar-refractivity contribution is 0.660. The van der Waals surface area contributed by atoms with E-state index in [1.807, 2.05) is 0 Å². The van der Waals surface area contributed by atoms with Crippen LogP contribution in [0.5, 0.6) is 0 Å². The lowest BCUT2D eigenvalue weighted by Gasteiger charge is -2.22. The Balaban J connectivity index is 1.15. The van der Waals surface area contributed by atoms with E-state index in [0.717, 1.165) is 49.7 Å². The molecule has 0 bridgehead atoms. The van der Waals surface area contributed by atoms with Crippen molar-refractivity contribution < 1.29 is 0 Å². The van der Waals surface area contributed by atoms with Crippen molar-refractivity contribution in [1.29, 1.82) is 0 Å². The van der Waals surface area contributed by atoms with Crippen molar-refractivity contribution in [3.05, 3.63) is 193 Å². The Bertz CT molecular complexity index is 3770. The fraction of sp³-hybridized carbons (Fsp3) is 0.0545. The number of nitrogens with zero attached hydrogens (tertiary/aromatic N) is 4. The molecule has 1 aliphatic rings. The summed E-state index contributed by atoms with van der Waals surface area (Å²) in [5.41, 5.74) is 13.8. The van der Waals surface area contributed by atoms with Gasteiger partial charge in [-0.2, -0.15) is 0 Å². The molecular formula is C55H36N4. The van der Waals surface area contributed by atoms with Gasteiger partial charge in [0.05, 0.1) is 39.0 Å². The van der Waals surface area contributed by atoms with Gasteiger partial charge in [0, 0.05) is 48.7 Å². The van der Waals surface area contributed by atoms with Gasteiger partial charge in [-0.1, -0.05) is 166 Å². The van der Waals surface area contributed by atoms with Gasteiger partial charge < -0.3 is 4.57 Å². The Morgan fingerprint density at radius 3 is 1.92 bits per heavy atom. The zero-order valence-corrected chi connectivity index (χ0v) is 32.6. The molecule has 4 heteroatoms. The molecule has 0 aliphatic heterocycles. The zero-order chi connectivity index (χ0) is 39.0. The van der Waals surface area contributed by atoms with Gasteiger partial charge in [-0.3, -0.25) is 4.57 Å². The lowest BCUT2D eigenvalue weighted by Crippen LogP contribution is -2.15. The first-order valence-electron chi connectivity index (χ1n) is 20.4. The summed E-state index contributed by atoms with van der Waals surface area (Å²) in [7, 11) is 0. The summed E-state index contributed by atoms with van der Waals surface area (Å²) in [6, 6.07) is 66.3. The van der Waals surface area contributed by atoms with Gasteiger partial charge >= 0.3 is 0 Å². The minimum atomic E-state index is -0.129. The normalized spacial score (nSPS) is 13.4. The van der Waals surface area contributed by atoms with Gasteiger partial charge in [0.1, 0.15) is 0 Å². The monoisotopic (exact) mass is 752 g/mol. The van der Waals surface area contributed by atoms with E-state index in [1.165, 1.54) is 65.6 Å². The van der Waals surface area contributed by atoms with E-state index >= 15 is 0 Å². The van der Waals surface area contributed by atoms with Crippen LogP contribution in [-0.2, 0) is 5.41 Å². The molecule has 12 aromatic rings. The maximum Gasteiger partial charge on any atom is 0.235 e. The Hall–Kier alpha value is -7.56. The van der Waals surface area contributed by atoms with Crippen LogP contribution in [-0.4, -0.2) is 19.1 Å². The Morgan fingerprint density at radius 2 is 1.07 bits per heavy atom. The minimum absolute atomic E-state index is 0.129. The van der Waals surface area contributed by atoms with Crippen LogP contribution in [0.25, 0.3) is 110 Å². The molecule has 0 unspecified atom stereocenters. The van der Waals surface area contributed by atoms with Crippen LogP contribution < -0.4 is 0 Å². The second kappa shape index (κ2) is 11.7. The molecule has 1 aliphatic carbocycles. The van der Waals surface area contributed by atoms with Crippen LogP contribution in [0.1, 0.15) is 25.0 Å². The van der Waals surface area contributed by atoms with Crippen molar-refractivity contribution in [3.8, 4) is 34.0 Å². The van der Waals surface area contributed by atoms with Gasteiger partial charge in [-0.15, -0.1) is 0 Å². The van der Waals surface area contributed by atoms with Crippen LogP contribution in [0.3, 0.4) is 0 Å². The molecule has 0 fully saturated rings. The predicted molar refractivity (Wildman–Crippen MR) is 246 cm³/mol. The number of fused-ring (bicyclic) bond motifs is 13. The molecule has 0 N–H and O–H groups in total. The van der Waals surface area contributed by atoms with Crippen molar-refractivity contribution in [3.63, 3.8) is 0 Å². The highest BCUT2D eigenvalue weighted by Crippen LogP contribution is 2.50. The van der Waals surface area contributed by atoms with E-state index < -0.39 is 0 Å². The number of hydrogen-bond acceptors (Lipinski definition) is 2. The van der Waals surface area contributed by atoms with Crippen molar-refractivity contribution in [1.82, 2.24) is 19.1 Å². The van der Waals surface area contributed by atoms with Crippen LogP contribution in [0, 0.1) is 0 Å². The Kier molecular flexibility index (Phi) is 6.48. The average molecular weight is 753 g/mol. The van der Waals surface area contributed by atoms with Gasteiger partial charge in [0.2, 0.25) is 5.95 Å². The molecule has 3 aromatic heterocycles. The van der Waals surface area contributed by atoms with Crippen molar-refractivity contribution in [2.24, 2.45) is 0 Å². The predicted octanol–water partition coefficient (Wildman–Crippen LogP) is 14.1. The number of hydrogen-bond donors (Lipinski definition) is 0. The molecule has 0 saturated carbocycles. The molecule has 13 rings (SSSR count). The number of para-hydroxylation sites is 3. The Morgan fingerprint density at radius 1 is 0.424 bits per heavy atom. The molecule has 276 valence electrons. The molecule has 59 heavy (non-hydrogen) atoms. The first-order valence-corrected chi connectivity index (χ1v) is 20.4. The summed E-state index contributed by atoms with van der Waals surface area (Å²) < 4.78 is 4.83. The highest BCUT2D eigenvalue weighted by molar-refractivity contribution is 6.24. The number of benzene rings is 9. The summed E-state index contributed by atoms with van der Waals surface area (Å²) in [6.07, 6.45) is 0. The fourth-order valence-corrected chi connectivity index (χ4v) is 10.4. The highest BCUT2D eigenvalue weighted by atomic mass is 15.2. The van der Waals surface area contributed by atoms with Crippen LogP contribution in [0.4, 0.5) is 0 Å². The van der Waals surface area contributed by atoms with E-state index in [4.69, 9.17) is 9.97 Å². The molecule has 3 heterocycles. The molecule has 0 radical (unpaired) electrons. The van der Waals surface area contributed by atoms with Gasteiger partial charge in [0.25, 0.3) is 0 Å². The third-order valence-corrected chi connectivity index (χ3v) is 13.1. The maximum atomic E-state index is 5.59. The summed E-state index contributed by atoms with van der Waals surface area (Å²) in [6.45, 7) is 4.68. The molecule has 4 nitrogen and oxygen atoms in total. The standard InChI is InChI=1S/C55H36N4/c1-55(2)44-23-11-7-19-38(44)39-29-28-35(31-45(39)55)51-42-21-8-12-24-46(42)56-54(57-51)58-48-26-14-10-22-43(48)50-49(58)32-34-16-4-6-18-37(34)53(50)59-47-25-13-9-20-40(47)41-30-27-33-15-3-5-17-36(33)52(41)59/h3-32H,1-2H3. The van der Waals surface area contributed by atoms with E-state index in [0.29, 0.717) is 5.95 Å². The van der Waals surface area contributed by atoms with Crippen molar-refractivity contribution in [2.75, 3.05) is 0 Å². The Labute approximate surface area is 340 Å². The highest BCUT2D eigenvalue weighted by Gasteiger charge is 2.35. The smallest absolute Gasteiger partial charge is 0.235 e. The third kappa shape index (κ3) is 4.38. The molecule has 0 spiro atoms. The SMILES string of the molecule is CC1(C)c2ccccc2-c2ccc(-c3nc(-n4c5ccccc5c5c(-n6c7ccccc7c7ccc8ccccc8c76)c6ccccc6cc54)nc4ccccc34)cc21. The van der Waals surface area contributed by atoms with E-state index in [9.17, 15) is 0 Å². The molecule has 0 saturated heterocycles. The number of rotatable bonds is 3. The first kappa shape index (κ1) is 32.5. The van der Waals surface area contributed by atoms with Gasteiger partial charge in [-0.05, 0) is 63.4 Å². The minimum Gasteiger partial charge on any atom is -0.307 e. The fourth-order valence-electron chi connectivity index (χ4n) is 10.4. The maximum absolute atomic E-state index is 5.59.